The van der Waals surface area contributed by atoms with Gasteiger partial charge in [-0.05, 0) is 17.7 Å². The van der Waals surface area contributed by atoms with Crippen LogP contribution in [0, 0.1) is 0 Å². The van der Waals surface area contributed by atoms with Gasteiger partial charge >= 0.3 is 11.7 Å². The molecule has 3 rings (SSSR count). The van der Waals surface area contributed by atoms with E-state index in [1.165, 1.54) is 14.2 Å². The first kappa shape index (κ1) is 16.4. The Kier molecular flexibility index (Phi) is 4.05. The summed E-state index contributed by atoms with van der Waals surface area (Å²) in [5.74, 6) is -1.37. The normalized spacial score (nSPS) is 16.0. The number of nitrogens with one attached hydrogen (secondary N) is 2. The Morgan fingerprint density at radius 1 is 1.16 bits per heavy atom. The predicted molar refractivity (Wildman–Crippen MR) is 86.4 cm³/mol. The number of H-pyrrole nitrogens is 2. The van der Waals surface area contributed by atoms with Gasteiger partial charge in [0.2, 0.25) is 11.8 Å². The van der Waals surface area contributed by atoms with Crippen molar-refractivity contribution in [1.29, 1.82) is 0 Å². The summed E-state index contributed by atoms with van der Waals surface area (Å²) in [6, 6.07) is 6.71. The van der Waals surface area contributed by atoms with Crippen LogP contribution in [-0.2, 0) is 9.53 Å². The van der Waals surface area contributed by atoms with E-state index in [2.05, 4.69) is 9.97 Å². The number of methoxy groups -OCH3 is 2. The minimum absolute atomic E-state index is 0.0299. The molecule has 0 aliphatic carbocycles. The van der Waals surface area contributed by atoms with Crippen LogP contribution in [0.5, 0.6) is 11.6 Å². The third kappa shape index (κ3) is 2.75. The Morgan fingerprint density at radius 2 is 1.84 bits per heavy atom. The molecule has 0 radical (unpaired) electrons. The molecule has 1 unspecified atom stereocenters. The van der Waals surface area contributed by atoms with Crippen molar-refractivity contribution in [2.45, 2.75) is 5.92 Å². The predicted octanol–water partition coefficient (Wildman–Crippen LogP) is -0.0606. The van der Waals surface area contributed by atoms with Crippen LogP contribution in [0.4, 0.5) is 0 Å². The quantitative estimate of drug-likeness (QED) is 0.663. The van der Waals surface area contributed by atoms with E-state index < -0.39 is 23.1 Å². The number of aromatic amines is 2. The third-order valence-electron chi connectivity index (χ3n) is 3.85. The molecule has 9 nitrogen and oxygen atoms in total. The molecule has 0 saturated carbocycles. The van der Waals surface area contributed by atoms with Gasteiger partial charge in [0.1, 0.15) is 11.3 Å². The number of hydrogen-bond acceptors (Lipinski definition) is 7. The Balaban J connectivity index is 2.28. The fourth-order valence-corrected chi connectivity index (χ4v) is 2.73. The topological polar surface area (TPSA) is 136 Å². The molecular weight excluding hydrogens is 330 g/mol. The molecule has 4 N–H and O–H groups in total. The molecule has 2 heterocycles. The van der Waals surface area contributed by atoms with E-state index in [4.69, 9.17) is 19.9 Å². The lowest BCUT2D eigenvalue weighted by Crippen LogP contribution is -2.35. The van der Waals surface area contributed by atoms with E-state index in [1.807, 2.05) is 0 Å². The summed E-state index contributed by atoms with van der Waals surface area (Å²) in [5.41, 5.74) is 5.02. The summed E-state index contributed by atoms with van der Waals surface area (Å²) in [6.07, 6.45) is 0. The van der Waals surface area contributed by atoms with Gasteiger partial charge in [-0.15, -0.1) is 0 Å². The maximum absolute atomic E-state index is 12.4. The Bertz CT molecular complexity index is 971. The van der Waals surface area contributed by atoms with Gasteiger partial charge in [-0.25, -0.2) is 9.59 Å². The molecule has 1 aromatic carbocycles. The summed E-state index contributed by atoms with van der Waals surface area (Å²) < 4.78 is 15.2. The van der Waals surface area contributed by atoms with Gasteiger partial charge in [-0.1, -0.05) is 12.1 Å². The van der Waals surface area contributed by atoms with Crippen LogP contribution in [-0.4, -0.2) is 30.2 Å². The summed E-state index contributed by atoms with van der Waals surface area (Å²) in [7, 11) is 2.71. The van der Waals surface area contributed by atoms with Crippen LogP contribution in [0.2, 0.25) is 0 Å². The van der Waals surface area contributed by atoms with Crippen molar-refractivity contribution in [1.82, 2.24) is 9.97 Å². The average molecular weight is 345 g/mol. The lowest BCUT2D eigenvalue weighted by Gasteiger charge is -2.26. The summed E-state index contributed by atoms with van der Waals surface area (Å²) in [6.45, 7) is 0. The van der Waals surface area contributed by atoms with E-state index in [-0.39, 0.29) is 22.9 Å². The van der Waals surface area contributed by atoms with E-state index in [0.717, 1.165) is 0 Å². The first-order valence-corrected chi connectivity index (χ1v) is 7.22. The van der Waals surface area contributed by atoms with Crippen LogP contribution in [0.1, 0.15) is 17.0 Å². The zero-order valence-electron chi connectivity index (χ0n) is 13.4. The number of carbonyl (C=O) groups is 1. The molecule has 0 spiro atoms. The van der Waals surface area contributed by atoms with Crippen molar-refractivity contribution in [3.05, 3.63) is 67.7 Å². The number of rotatable bonds is 3. The molecule has 130 valence electrons. The van der Waals surface area contributed by atoms with Crippen LogP contribution in [0.25, 0.3) is 0 Å². The highest BCUT2D eigenvalue weighted by Gasteiger charge is 2.38. The summed E-state index contributed by atoms with van der Waals surface area (Å²) in [5, 5.41) is 0. The number of carbonyl (C=O) groups excluding carboxylic acids is 1. The highest BCUT2D eigenvalue weighted by molar-refractivity contribution is 5.92. The molecule has 2 aromatic rings. The Labute approximate surface area is 141 Å². The molecule has 1 aliphatic rings. The van der Waals surface area contributed by atoms with Crippen LogP contribution in [0.15, 0.2) is 45.3 Å². The standard InChI is InChI=1S/C16H15N3O6/c1-23-8-5-3-7(4-6-8)9-10(15(21)24-2)12(17)25-14-11(9)13(20)18-16(22)19-14/h3-6,9H,17H2,1-2H3,(H2,18,19,20,22). The Morgan fingerprint density at radius 3 is 2.44 bits per heavy atom. The summed E-state index contributed by atoms with van der Waals surface area (Å²) in [4.78, 5) is 40.6. The van der Waals surface area contributed by atoms with Crippen molar-refractivity contribution >= 4 is 5.97 Å². The van der Waals surface area contributed by atoms with Crippen molar-refractivity contribution in [2.24, 2.45) is 5.73 Å². The van der Waals surface area contributed by atoms with E-state index in [1.54, 1.807) is 24.3 Å². The van der Waals surface area contributed by atoms with Crippen molar-refractivity contribution < 1.29 is 19.0 Å². The molecule has 0 amide bonds. The van der Waals surface area contributed by atoms with Gasteiger partial charge in [0, 0.05) is 0 Å². The van der Waals surface area contributed by atoms with E-state index in [0.29, 0.717) is 11.3 Å². The Hall–Kier alpha value is -3.49. The minimum Gasteiger partial charge on any atom is -0.497 e. The number of aromatic nitrogens is 2. The number of hydrogen-bond donors (Lipinski definition) is 3. The maximum atomic E-state index is 12.4. The van der Waals surface area contributed by atoms with Crippen molar-refractivity contribution in [2.75, 3.05) is 14.2 Å². The lowest BCUT2D eigenvalue weighted by atomic mass is 9.84. The molecule has 0 saturated heterocycles. The molecule has 0 fully saturated rings. The number of nitrogens with two attached hydrogens (primary N) is 1. The molecule has 9 heteroatoms. The van der Waals surface area contributed by atoms with Gasteiger partial charge in [-0.2, -0.15) is 0 Å². The first-order chi connectivity index (χ1) is 12.0. The van der Waals surface area contributed by atoms with Gasteiger partial charge < -0.3 is 19.9 Å². The number of ether oxygens (including phenoxy) is 3. The second kappa shape index (κ2) is 6.19. The average Bonchev–Trinajstić information content (AvgIpc) is 2.59. The van der Waals surface area contributed by atoms with Gasteiger partial charge in [-0.3, -0.25) is 14.8 Å². The smallest absolute Gasteiger partial charge is 0.340 e. The molecule has 1 aliphatic heterocycles. The lowest BCUT2D eigenvalue weighted by molar-refractivity contribution is -0.136. The summed E-state index contributed by atoms with van der Waals surface area (Å²) >= 11 is 0. The van der Waals surface area contributed by atoms with Gasteiger partial charge in [0.05, 0.1) is 25.7 Å². The van der Waals surface area contributed by atoms with E-state index >= 15 is 0 Å². The molecule has 25 heavy (non-hydrogen) atoms. The number of benzene rings is 1. The van der Waals surface area contributed by atoms with Crippen LogP contribution in [0.3, 0.4) is 0 Å². The second-order valence-corrected chi connectivity index (χ2v) is 5.23. The zero-order chi connectivity index (χ0) is 18.1. The molecule has 0 bridgehead atoms. The zero-order valence-corrected chi connectivity index (χ0v) is 13.4. The number of fused-ring (bicyclic) bond motifs is 1. The van der Waals surface area contributed by atoms with Crippen molar-refractivity contribution in [3.8, 4) is 11.6 Å². The third-order valence-corrected chi connectivity index (χ3v) is 3.85. The van der Waals surface area contributed by atoms with Crippen LogP contribution < -0.4 is 26.5 Å². The highest BCUT2D eigenvalue weighted by Crippen LogP contribution is 2.39. The highest BCUT2D eigenvalue weighted by atomic mass is 16.5. The van der Waals surface area contributed by atoms with Crippen LogP contribution >= 0.6 is 0 Å². The largest absolute Gasteiger partial charge is 0.497 e. The molecule has 1 aromatic heterocycles. The fraction of sp³-hybridized carbons (Fsp3) is 0.188. The minimum atomic E-state index is -0.872. The van der Waals surface area contributed by atoms with Gasteiger partial charge in [0.15, 0.2) is 0 Å². The SMILES string of the molecule is COC(=O)C1=C(N)Oc2[nH]c(=O)[nH]c(=O)c2C1c1ccc(OC)cc1. The second-order valence-electron chi connectivity index (χ2n) is 5.23. The monoisotopic (exact) mass is 345 g/mol. The van der Waals surface area contributed by atoms with Crippen molar-refractivity contribution in [3.63, 3.8) is 0 Å². The first-order valence-electron chi connectivity index (χ1n) is 7.22. The maximum Gasteiger partial charge on any atom is 0.340 e. The van der Waals surface area contributed by atoms with E-state index in [9.17, 15) is 14.4 Å². The number of esters is 1. The molecule has 1 atom stereocenters. The fourth-order valence-electron chi connectivity index (χ4n) is 2.73. The molecular formula is C16H15N3O6. The van der Waals surface area contributed by atoms with Gasteiger partial charge in [0.25, 0.3) is 5.56 Å².